The lowest BCUT2D eigenvalue weighted by molar-refractivity contribution is -0.130. The van der Waals surface area contributed by atoms with E-state index in [0.29, 0.717) is 30.5 Å². The number of terminal acetylenes is 1. The predicted molar refractivity (Wildman–Crippen MR) is 149 cm³/mol. The van der Waals surface area contributed by atoms with E-state index in [2.05, 4.69) is 31.2 Å². The average molecular weight is 564 g/mol. The first-order valence-electron chi connectivity index (χ1n) is 13.0. The molecule has 40 heavy (non-hydrogen) atoms. The molecule has 12 heteroatoms. The number of rotatable bonds is 6. The summed E-state index contributed by atoms with van der Waals surface area (Å²) in [5.74, 6) is 0.578. The van der Waals surface area contributed by atoms with Crippen LogP contribution in [0, 0.1) is 29.9 Å². The summed E-state index contributed by atoms with van der Waals surface area (Å²) in [5.41, 5.74) is 6.10. The fraction of sp³-hybridized carbons (Fsp3) is 0.393. The van der Waals surface area contributed by atoms with E-state index in [0.717, 1.165) is 18.9 Å². The normalized spacial score (nSPS) is 26.0. The van der Waals surface area contributed by atoms with Gasteiger partial charge in [-0.3, -0.25) is 9.79 Å². The Labute approximate surface area is 234 Å². The SMILES string of the molecule is C#C[C@H](C)Oc1cnc2c(Nc3cc(F)c(F)c([C@]4(C)N=C(N)S[C@@]5(C(=O)N6CCCC6)C[C@@H]45)c3)nccc2n1. The van der Waals surface area contributed by atoms with Gasteiger partial charge in [0, 0.05) is 42.5 Å². The third kappa shape index (κ3) is 4.29. The summed E-state index contributed by atoms with van der Waals surface area (Å²) in [6.07, 6.45) is 10.2. The van der Waals surface area contributed by atoms with Crippen molar-refractivity contribution in [3.05, 3.63) is 47.8 Å². The van der Waals surface area contributed by atoms with Gasteiger partial charge in [-0.05, 0) is 45.2 Å². The molecule has 3 N–H and O–H groups in total. The number of hydrogen-bond acceptors (Lipinski definition) is 9. The highest BCUT2D eigenvalue weighted by Gasteiger charge is 2.71. The molecule has 1 saturated carbocycles. The molecule has 9 nitrogen and oxygen atoms in total. The van der Waals surface area contributed by atoms with Gasteiger partial charge in [0.2, 0.25) is 11.8 Å². The second-order valence-electron chi connectivity index (χ2n) is 10.5. The fourth-order valence-corrected chi connectivity index (χ4v) is 7.15. The number of thioether (sulfide) groups is 1. The number of likely N-dealkylation sites (tertiary alicyclic amines) is 1. The van der Waals surface area contributed by atoms with Crippen LogP contribution in [0.3, 0.4) is 0 Å². The summed E-state index contributed by atoms with van der Waals surface area (Å²) < 4.78 is 35.2. The lowest BCUT2D eigenvalue weighted by Crippen LogP contribution is -2.45. The molecule has 2 fully saturated rings. The molecule has 3 aliphatic rings. The Morgan fingerprint density at radius 2 is 2.10 bits per heavy atom. The minimum atomic E-state index is -1.24. The van der Waals surface area contributed by atoms with Gasteiger partial charge >= 0.3 is 0 Å². The Morgan fingerprint density at radius 3 is 2.85 bits per heavy atom. The van der Waals surface area contributed by atoms with E-state index >= 15 is 8.78 Å². The second kappa shape index (κ2) is 9.59. The Balaban J connectivity index is 1.34. The van der Waals surface area contributed by atoms with Crippen molar-refractivity contribution in [2.45, 2.75) is 49.5 Å². The molecule has 6 rings (SSSR count). The Bertz CT molecular complexity index is 1610. The Kier molecular flexibility index (Phi) is 6.29. The molecular formula is C28H27F2N7O2S. The van der Waals surface area contributed by atoms with Gasteiger partial charge in [-0.2, -0.15) is 0 Å². The van der Waals surface area contributed by atoms with Crippen molar-refractivity contribution in [2.75, 3.05) is 18.4 Å². The highest BCUT2D eigenvalue weighted by molar-refractivity contribution is 8.15. The predicted octanol–water partition coefficient (Wildman–Crippen LogP) is 4.10. The largest absolute Gasteiger partial charge is 0.460 e. The number of amidine groups is 1. The number of anilines is 2. The standard InChI is InChI=1S/C28H27F2N7O2S/c1-4-15(2)39-21-14-33-23-19(35-21)7-8-32-24(23)34-16-11-17(22(30)18(29)12-16)27(3)20-13-28(20,40-26(31)36-27)25(38)37-9-5-6-10-37/h1,7-8,11-12,14-15,20H,5-6,9-10,13H2,2-3H3,(H2,31,36)(H,32,34)/t15-,20-,27-,28-/m0/s1. The minimum Gasteiger partial charge on any atom is -0.460 e. The molecule has 3 aromatic rings. The highest BCUT2D eigenvalue weighted by Crippen LogP contribution is 2.66. The van der Waals surface area contributed by atoms with Crippen molar-refractivity contribution < 1.29 is 18.3 Å². The van der Waals surface area contributed by atoms with Crippen LogP contribution >= 0.6 is 11.8 Å². The van der Waals surface area contributed by atoms with Crippen molar-refractivity contribution in [1.29, 1.82) is 0 Å². The lowest BCUT2D eigenvalue weighted by atomic mass is 9.85. The molecule has 4 atom stereocenters. The van der Waals surface area contributed by atoms with Gasteiger partial charge in [0.15, 0.2) is 28.7 Å². The number of carbonyl (C=O) groups is 1. The maximum Gasteiger partial charge on any atom is 0.239 e. The number of nitrogens with zero attached hydrogens (tertiary/aromatic N) is 5. The van der Waals surface area contributed by atoms with Crippen molar-refractivity contribution in [2.24, 2.45) is 16.6 Å². The first-order valence-corrected chi connectivity index (χ1v) is 13.8. The lowest BCUT2D eigenvalue weighted by Gasteiger charge is -2.35. The number of pyridine rings is 1. The summed E-state index contributed by atoms with van der Waals surface area (Å²) in [7, 11) is 0. The Morgan fingerprint density at radius 1 is 1.32 bits per heavy atom. The van der Waals surface area contributed by atoms with Crippen molar-refractivity contribution in [3.8, 4) is 18.2 Å². The van der Waals surface area contributed by atoms with Crippen LogP contribution in [0.2, 0.25) is 0 Å². The number of amides is 1. The second-order valence-corrected chi connectivity index (χ2v) is 11.8. The van der Waals surface area contributed by atoms with Gasteiger partial charge in [-0.1, -0.05) is 17.7 Å². The number of aliphatic imine (C=N–C) groups is 1. The smallest absolute Gasteiger partial charge is 0.239 e. The molecule has 206 valence electrons. The summed E-state index contributed by atoms with van der Waals surface area (Å²) in [6, 6.07) is 4.19. The Hall–Kier alpha value is -3.98. The molecule has 2 aromatic heterocycles. The number of carbonyl (C=O) groups excluding carboxylic acids is 1. The van der Waals surface area contributed by atoms with Gasteiger partial charge < -0.3 is 20.7 Å². The van der Waals surface area contributed by atoms with Crippen LogP contribution in [-0.2, 0) is 10.3 Å². The van der Waals surface area contributed by atoms with Gasteiger partial charge in [-0.15, -0.1) is 6.42 Å². The van der Waals surface area contributed by atoms with E-state index in [4.69, 9.17) is 16.9 Å². The van der Waals surface area contributed by atoms with Crippen LogP contribution in [0.15, 0.2) is 35.6 Å². The van der Waals surface area contributed by atoms with Crippen LogP contribution < -0.4 is 15.8 Å². The summed E-state index contributed by atoms with van der Waals surface area (Å²) >= 11 is 1.24. The van der Waals surface area contributed by atoms with Gasteiger partial charge in [0.25, 0.3) is 0 Å². The number of halogens is 2. The summed E-state index contributed by atoms with van der Waals surface area (Å²) in [4.78, 5) is 33.1. The molecule has 2 aliphatic heterocycles. The van der Waals surface area contributed by atoms with E-state index in [1.54, 1.807) is 19.9 Å². The topological polar surface area (TPSA) is 119 Å². The van der Waals surface area contributed by atoms with Crippen LogP contribution in [-0.4, -0.2) is 54.9 Å². The van der Waals surface area contributed by atoms with Crippen molar-refractivity contribution in [3.63, 3.8) is 0 Å². The average Bonchev–Trinajstić information content (AvgIpc) is 3.43. The zero-order chi connectivity index (χ0) is 28.2. The van der Waals surface area contributed by atoms with Crippen LogP contribution in [0.1, 0.15) is 38.7 Å². The quantitative estimate of drug-likeness (QED) is 0.431. The van der Waals surface area contributed by atoms with E-state index in [1.165, 1.54) is 30.2 Å². The number of nitrogens with two attached hydrogens (primary N) is 1. The fourth-order valence-electron chi connectivity index (χ4n) is 5.70. The van der Waals surface area contributed by atoms with Crippen molar-refractivity contribution >= 4 is 45.4 Å². The van der Waals surface area contributed by atoms with E-state index in [9.17, 15) is 4.79 Å². The third-order valence-electron chi connectivity index (χ3n) is 7.78. The first kappa shape index (κ1) is 26.3. The molecule has 1 aromatic carbocycles. The molecule has 0 spiro atoms. The van der Waals surface area contributed by atoms with Crippen LogP contribution in [0.4, 0.5) is 20.3 Å². The van der Waals surface area contributed by atoms with Gasteiger partial charge in [0.1, 0.15) is 10.3 Å². The van der Waals surface area contributed by atoms with Crippen LogP contribution in [0.25, 0.3) is 11.0 Å². The maximum atomic E-state index is 15.4. The number of hydrogen-bond donors (Lipinski definition) is 2. The van der Waals surface area contributed by atoms with Crippen molar-refractivity contribution in [1.82, 2.24) is 19.9 Å². The van der Waals surface area contributed by atoms with E-state index in [-0.39, 0.29) is 39.9 Å². The number of fused-ring (bicyclic) bond motifs is 2. The summed E-state index contributed by atoms with van der Waals surface area (Å²) in [6.45, 7) is 4.82. The number of benzene rings is 1. The number of ether oxygens (including phenoxy) is 1. The first-order chi connectivity index (χ1) is 19.1. The molecule has 0 bridgehead atoms. The molecule has 1 amide bonds. The monoisotopic (exact) mass is 563 g/mol. The zero-order valence-corrected chi connectivity index (χ0v) is 22.8. The maximum absolute atomic E-state index is 15.4. The molecular weight excluding hydrogens is 536 g/mol. The number of nitrogens with one attached hydrogen (secondary N) is 1. The zero-order valence-electron chi connectivity index (χ0n) is 21.9. The van der Waals surface area contributed by atoms with E-state index in [1.807, 2.05) is 4.90 Å². The molecule has 1 saturated heterocycles. The third-order valence-corrected chi connectivity index (χ3v) is 9.07. The summed E-state index contributed by atoms with van der Waals surface area (Å²) in [5, 5.41) is 3.23. The van der Waals surface area contributed by atoms with Gasteiger partial charge in [0.05, 0.1) is 17.3 Å². The number of aromatic nitrogens is 3. The molecule has 1 aliphatic carbocycles. The molecule has 0 unspecified atom stereocenters. The van der Waals surface area contributed by atoms with Crippen LogP contribution in [0.5, 0.6) is 5.88 Å². The highest BCUT2D eigenvalue weighted by atomic mass is 32.2. The van der Waals surface area contributed by atoms with Gasteiger partial charge in [-0.25, -0.2) is 23.7 Å². The molecule has 4 heterocycles. The molecule has 0 radical (unpaired) electrons. The van der Waals surface area contributed by atoms with E-state index < -0.39 is 28.0 Å². The minimum absolute atomic E-state index is 0.00208.